The van der Waals surface area contributed by atoms with Crippen molar-refractivity contribution in [2.45, 2.75) is 50.5 Å². The smallest absolute Gasteiger partial charge is 0.246 e. The monoisotopic (exact) mass is 448 g/mol. The molecule has 1 aliphatic carbocycles. The van der Waals surface area contributed by atoms with Crippen molar-refractivity contribution in [3.8, 4) is 17.2 Å². The van der Waals surface area contributed by atoms with E-state index in [9.17, 15) is 9.59 Å². The molecule has 7 heteroatoms. The molecule has 7 nitrogen and oxygen atoms in total. The number of hydrogen-bond acceptors (Lipinski definition) is 5. The van der Waals surface area contributed by atoms with Gasteiger partial charge in [-0.3, -0.25) is 9.59 Å². The average molecular weight is 449 g/mol. The zero-order chi connectivity index (χ0) is 22.6. The van der Waals surface area contributed by atoms with Gasteiger partial charge in [0.25, 0.3) is 0 Å². The molecule has 0 radical (unpaired) electrons. The van der Waals surface area contributed by atoms with Crippen molar-refractivity contribution in [1.82, 2.24) is 5.32 Å². The molecule has 2 aromatic rings. The van der Waals surface area contributed by atoms with Crippen molar-refractivity contribution in [2.24, 2.45) is 5.92 Å². The quantitative estimate of drug-likeness (QED) is 0.775. The number of benzene rings is 2. The lowest BCUT2D eigenvalue weighted by molar-refractivity contribution is -0.126. The minimum absolute atomic E-state index is 0.00541. The molecule has 172 valence electrons. The average Bonchev–Trinajstić information content (AvgIpc) is 3.51. The number of para-hydroxylation sites is 1. The molecule has 3 heterocycles. The Labute approximate surface area is 193 Å². The minimum Gasteiger partial charge on any atom is -0.491 e. The third-order valence-electron chi connectivity index (χ3n) is 7.69. The third-order valence-corrected chi connectivity index (χ3v) is 7.69. The molecular formula is C26H28N2O5. The molecule has 2 aromatic carbocycles. The Bertz CT molecular complexity index is 1130. The number of fused-ring (bicyclic) bond motifs is 5. The van der Waals surface area contributed by atoms with E-state index in [-0.39, 0.29) is 37.8 Å². The van der Waals surface area contributed by atoms with Gasteiger partial charge in [-0.05, 0) is 43.4 Å². The van der Waals surface area contributed by atoms with E-state index in [2.05, 4.69) is 12.2 Å². The largest absolute Gasteiger partial charge is 0.491 e. The maximum Gasteiger partial charge on any atom is 0.246 e. The first kappa shape index (κ1) is 20.4. The van der Waals surface area contributed by atoms with E-state index >= 15 is 0 Å². The van der Waals surface area contributed by atoms with E-state index in [1.54, 1.807) is 11.0 Å². The van der Waals surface area contributed by atoms with Gasteiger partial charge in [0, 0.05) is 23.4 Å². The van der Waals surface area contributed by atoms with Crippen LogP contribution in [0.15, 0.2) is 36.4 Å². The first-order chi connectivity index (χ1) is 16.1. The fraction of sp³-hybridized carbons (Fsp3) is 0.462. The Hall–Kier alpha value is -3.22. The van der Waals surface area contributed by atoms with Crippen LogP contribution in [0.5, 0.6) is 17.2 Å². The number of hydrogen-bond donors (Lipinski definition) is 1. The summed E-state index contributed by atoms with van der Waals surface area (Å²) in [6.07, 6.45) is 6.04. The number of nitrogens with zero attached hydrogens (tertiary/aromatic N) is 1. The lowest BCUT2D eigenvalue weighted by Gasteiger charge is -2.29. The Morgan fingerprint density at radius 2 is 1.82 bits per heavy atom. The van der Waals surface area contributed by atoms with Crippen LogP contribution in [0, 0.1) is 5.92 Å². The normalized spacial score (nSPS) is 23.9. The van der Waals surface area contributed by atoms with Crippen LogP contribution < -0.4 is 24.4 Å². The number of amides is 2. The molecule has 0 bridgehead atoms. The molecular weight excluding hydrogens is 420 g/mol. The summed E-state index contributed by atoms with van der Waals surface area (Å²) >= 11 is 0. The van der Waals surface area contributed by atoms with Gasteiger partial charge in [-0.15, -0.1) is 0 Å². The molecule has 33 heavy (non-hydrogen) atoms. The summed E-state index contributed by atoms with van der Waals surface area (Å²) in [5.74, 6) is 2.11. The Morgan fingerprint density at radius 1 is 1.06 bits per heavy atom. The zero-order valence-corrected chi connectivity index (χ0v) is 18.8. The van der Waals surface area contributed by atoms with Crippen molar-refractivity contribution >= 4 is 17.5 Å². The highest BCUT2D eigenvalue weighted by molar-refractivity contribution is 6.13. The predicted octanol–water partition coefficient (Wildman–Crippen LogP) is 3.53. The van der Waals surface area contributed by atoms with E-state index in [0.29, 0.717) is 23.2 Å². The molecule has 0 aromatic heterocycles. The van der Waals surface area contributed by atoms with Crippen LogP contribution >= 0.6 is 0 Å². The second-order valence-electron chi connectivity index (χ2n) is 9.56. The summed E-state index contributed by atoms with van der Waals surface area (Å²) in [6.45, 7) is 2.42. The van der Waals surface area contributed by atoms with Gasteiger partial charge < -0.3 is 24.4 Å². The van der Waals surface area contributed by atoms with Crippen LogP contribution in [0.1, 0.15) is 50.2 Å². The Balaban J connectivity index is 1.30. The number of rotatable bonds is 4. The number of carbonyl (C=O) groups is 2. The van der Waals surface area contributed by atoms with Crippen LogP contribution in [-0.2, 0) is 15.0 Å². The van der Waals surface area contributed by atoms with E-state index in [1.807, 2.05) is 30.3 Å². The Kier molecular flexibility index (Phi) is 4.75. The zero-order valence-electron chi connectivity index (χ0n) is 18.8. The third kappa shape index (κ3) is 3.09. The second kappa shape index (κ2) is 7.68. The molecule has 2 amide bonds. The molecule has 1 N–H and O–H groups in total. The molecule has 1 fully saturated rings. The van der Waals surface area contributed by atoms with E-state index in [4.69, 9.17) is 14.2 Å². The minimum atomic E-state index is -0.984. The summed E-state index contributed by atoms with van der Waals surface area (Å²) in [7, 11) is 0. The van der Waals surface area contributed by atoms with Gasteiger partial charge in [0.1, 0.15) is 24.3 Å². The van der Waals surface area contributed by atoms with E-state index < -0.39 is 5.41 Å². The molecule has 0 saturated heterocycles. The molecule has 1 saturated carbocycles. The van der Waals surface area contributed by atoms with Crippen molar-refractivity contribution in [1.29, 1.82) is 0 Å². The summed E-state index contributed by atoms with van der Waals surface area (Å²) in [5.41, 5.74) is 1.41. The maximum atomic E-state index is 14.0. The highest BCUT2D eigenvalue weighted by Crippen LogP contribution is 2.54. The number of anilines is 1. The number of nitrogens with one attached hydrogen (secondary N) is 1. The predicted molar refractivity (Wildman–Crippen MR) is 122 cm³/mol. The fourth-order valence-corrected chi connectivity index (χ4v) is 5.92. The van der Waals surface area contributed by atoms with Gasteiger partial charge in [0.2, 0.25) is 18.6 Å². The molecule has 6 rings (SSSR count). The fourth-order valence-electron chi connectivity index (χ4n) is 5.92. The number of ether oxygens (including phenoxy) is 3. The maximum absolute atomic E-state index is 14.0. The lowest BCUT2D eigenvalue weighted by Crippen LogP contribution is -2.48. The highest BCUT2D eigenvalue weighted by Gasteiger charge is 2.57. The van der Waals surface area contributed by atoms with E-state index in [0.717, 1.165) is 29.7 Å². The van der Waals surface area contributed by atoms with Crippen molar-refractivity contribution in [2.75, 3.05) is 24.8 Å². The van der Waals surface area contributed by atoms with Crippen LogP contribution in [0.3, 0.4) is 0 Å². The van der Waals surface area contributed by atoms with Crippen LogP contribution in [-0.4, -0.2) is 37.8 Å². The molecule has 3 aliphatic heterocycles. The standard InChI is InChI=1S/C26H28N2O5/c1-16(17-7-3-2-4-8-17)27-24(29)13-28-20-10-6-5-9-18(20)26(25(28)30)14-31-21-12-23-22(11-19(21)26)32-15-33-23/h5-6,9-12,16-17H,2-4,7-8,13-15H2,1H3,(H,27,29)/t16-,26?/m0/s1. The summed E-state index contributed by atoms with van der Waals surface area (Å²) in [4.78, 5) is 28.6. The molecule has 1 spiro atoms. The van der Waals surface area contributed by atoms with Crippen LogP contribution in [0.25, 0.3) is 0 Å². The Morgan fingerprint density at radius 3 is 2.64 bits per heavy atom. The summed E-state index contributed by atoms with van der Waals surface area (Å²) in [6, 6.07) is 11.4. The summed E-state index contributed by atoms with van der Waals surface area (Å²) < 4.78 is 17.1. The van der Waals surface area contributed by atoms with Gasteiger partial charge in [-0.25, -0.2) is 0 Å². The van der Waals surface area contributed by atoms with Crippen LogP contribution in [0.2, 0.25) is 0 Å². The van der Waals surface area contributed by atoms with E-state index in [1.165, 1.54) is 19.3 Å². The topological polar surface area (TPSA) is 77.1 Å². The SMILES string of the molecule is C[C@H](NC(=O)CN1C(=O)C2(COc3cc4c(cc32)OCO4)c2ccccc21)C1CCCCC1. The van der Waals surface area contributed by atoms with Gasteiger partial charge in [0.05, 0.1) is 0 Å². The molecule has 2 atom stereocenters. The first-order valence-corrected chi connectivity index (χ1v) is 11.9. The lowest BCUT2D eigenvalue weighted by atomic mass is 9.77. The highest BCUT2D eigenvalue weighted by atomic mass is 16.7. The van der Waals surface area contributed by atoms with Crippen molar-refractivity contribution < 1.29 is 23.8 Å². The van der Waals surface area contributed by atoms with Gasteiger partial charge in [-0.1, -0.05) is 37.5 Å². The van der Waals surface area contributed by atoms with Crippen molar-refractivity contribution in [3.05, 3.63) is 47.5 Å². The number of carbonyl (C=O) groups excluding carboxylic acids is 2. The van der Waals surface area contributed by atoms with Crippen LogP contribution in [0.4, 0.5) is 5.69 Å². The summed E-state index contributed by atoms with van der Waals surface area (Å²) in [5, 5.41) is 3.16. The van der Waals surface area contributed by atoms with Gasteiger partial charge >= 0.3 is 0 Å². The van der Waals surface area contributed by atoms with Crippen molar-refractivity contribution in [3.63, 3.8) is 0 Å². The first-order valence-electron chi connectivity index (χ1n) is 11.9. The molecule has 4 aliphatic rings. The van der Waals surface area contributed by atoms with Gasteiger partial charge in [-0.2, -0.15) is 0 Å². The molecule has 1 unspecified atom stereocenters. The second-order valence-corrected chi connectivity index (χ2v) is 9.56. The van der Waals surface area contributed by atoms with Gasteiger partial charge in [0.15, 0.2) is 11.5 Å².